The molecule has 0 N–H and O–H groups in total. The van der Waals surface area contributed by atoms with Crippen LogP contribution in [0, 0.1) is 0 Å². The number of rotatable bonds is 6. The minimum atomic E-state index is 0.202. The van der Waals surface area contributed by atoms with Gasteiger partial charge in [0.25, 0.3) is 0 Å². The normalized spacial score (nSPS) is 15.2. The number of piperazine rings is 1. The summed E-state index contributed by atoms with van der Waals surface area (Å²) >= 11 is 1.86. The van der Waals surface area contributed by atoms with Gasteiger partial charge < -0.3 is 4.90 Å². The van der Waals surface area contributed by atoms with E-state index in [9.17, 15) is 4.79 Å². The number of carbonyl (C=O) groups is 1. The first-order chi connectivity index (χ1) is 13.3. The fraction of sp³-hybridized carbons (Fsp3) is 0.350. The van der Waals surface area contributed by atoms with Crippen LogP contribution in [0.25, 0.3) is 10.4 Å². The van der Waals surface area contributed by atoms with Crippen molar-refractivity contribution in [2.24, 2.45) is 0 Å². The number of nitrogens with zero attached hydrogens (tertiary/aromatic N) is 5. The molecule has 3 aromatic rings. The average Bonchev–Trinajstić information content (AvgIpc) is 3.39. The molecule has 6 nitrogen and oxygen atoms in total. The highest BCUT2D eigenvalue weighted by atomic mass is 32.1. The van der Waals surface area contributed by atoms with Crippen molar-refractivity contribution in [1.82, 2.24) is 24.6 Å². The van der Waals surface area contributed by atoms with E-state index < -0.39 is 0 Å². The zero-order valence-electron chi connectivity index (χ0n) is 15.2. The van der Waals surface area contributed by atoms with Gasteiger partial charge in [0.05, 0.1) is 6.54 Å². The molecular formula is C20H23N5OS. The predicted octanol–water partition coefficient (Wildman–Crippen LogP) is 2.74. The third-order valence-electron chi connectivity index (χ3n) is 4.85. The zero-order valence-corrected chi connectivity index (χ0v) is 16.0. The summed E-state index contributed by atoms with van der Waals surface area (Å²) in [7, 11) is 0. The summed E-state index contributed by atoms with van der Waals surface area (Å²) in [5.41, 5.74) is 1.27. The fourth-order valence-electron chi connectivity index (χ4n) is 3.31. The lowest BCUT2D eigenvalue weighted by molar-refractivity contribution is -0.133. The van der Waals surface area contributed by atoms with Crippen LogP contribution in [0.4, 0.5) is 0 Å². The molecule has 1 fully saturated rings. The van der Waals surface area contributed by atoms with Gasteiger partial charge in [-0.15, -0.1) is 11.3 Å². The maximum Gasteiger partial charge on any atom is 0.224 e. The number of benzene rings is 1. The molecule has 1 aliphatic heterocycles. The van der Waals surface area contributed by atoms with Crippen molar-refractivity contribution in [2.75, 3.05) is 26.2 Å². The summed E-state index contributed by atoms with van der Waals surface area (Å²) in [6.45, 7) is 5.00. The van der Waals surface area contributed by atoms with Crippen molar-refractivity contribution in [2.45, 2.75) is 19.5 Å². The van der Waals surface area contributed by atoms with Gasteiger partial charge in [-0.25, -0.2) is 4.98 Å². The van der Waals surface area contributed by atoms with E-state index in [4.69, 9.17) is 0 Å². The lowest BCUT2D eigenvalue weighted by atomic mass is 10.2. The summed E-state index contributed by atoms with van der Waals surface area (Å²) in [5, 5.41) is 4.04. The minimum absolute atomic E-state index is 0.202. The van der Waals surface area contributed by atoms with E-state index in [1.165, 1.54) is 21.6 Å². The van der Waals surface area contributed by atoms with Crippen molar-refractivity contribution in [3.8, 4) is 10.4 Å². The molecule has 7 heteroatoms. The second-order valence-electron chi connectivity index (χ2n) is 6.70. The molecule has 1 amide bonds. The van der Waals surface area contributed by atoms with Gasteiger partial charge in [0.15, 0.2) is 0 Å². The first-order valence-electron chi connectivity index (χ1n) is 9.24. The van der Waals surface area contributed by atoms with E-state index in [0.717, 1.165) is 32.7 Å². The molecule has 1 saturated heterocycles. The highest BCUT2D eigenvalue weighted by Gasteiger charge is 2.21. The molecule has 1 aromatic carbocycles. The van der Waals surface area contributed by atoms with E-state index in [0.29, 0.717) is 13.0 Å². The highest BCUT2D eigenvalue weighted by Crippen LogP contribution is 2.28. The summed E-state index contributed by atoms with van der Waals surface area (Å²) in [6, 6.07) is 14.9. The largest absolute Gasteiger partial charge is 0.340 e. The van der Waals surface area contributed by atoms with Crippen LogP contribution >= 0.6 is 11.3 Å². The van der Waals surface area contributed by atoms with Gasteiger partial charge in [-0.3, -0.25) is 14.4 Å². The van der Waals surface area contributed by atoms with Crippen LogP contribution in [-0.4, -0.2) is 56.7 Å². The smallest absolute Gasteiger partial charge is 0.224 e. The number of hydrogen-bond donors (Lipinski definition) is 0. The van der Waals surface area contributed by atoms with E-state index in [-0.39, 0.29) is 5.91 Å². The second-order valence-corrected chi connectivity index (χ2v) is 7.87. The van der Waals surface area contributed by atoms with Gasteiger partial charge in [-0.1, -0.05) is 30.3 Å². The van der Waals surface area contributed by atoms with Crippen molar-refractivity contribution in [3.05, 3.63) is 60.0 Å². The van der Waals surface area contributed by atoms with Crippen LogP contribution in [0.5, 0.6) is 0 Å². The van der Waals surface area contributed by atoms with E-state index >= 15 is 0 Å². The Morgan fingerprint density at radius 1 is 1.04 bits per heavy atom. The molecule has 3 heterocycles. The molecule has 140 valence electrons. The van der Waals surface area contributed by atoms with Gasteiger partial charge in [-0.05, 0) is 17.7 Å². The Hall–Kier alpha value is -2.51. The molecule has 1 aliphatic rings. The Morgan fingerprint density at radius 2 is 1.85 bits per heavy atom. The average molecular weight is 382 g/mol. The summed E-state index contributed by atoms with van der Waals surface area (Å²) in [5.74, 6) is 0.202. The highest BCUT2D eigenvalue weighted by molar-refractivity contribution is 7.15. The van der Waals surface area contributed by atoms with Crippen molar-refractivity contribution in [1.29, 1.82) is 0 Å². The molecule has 0 spiro atoms. The monoisotopic (exact) mass is 381 g/mol. The summed E-state index contributed by atoms with van der Waals surface area (Å²) in [6.07, 6.45) is 3.63. The van der Waals surface area contributed by atoms with E-state index in [1.54, 1.807) is 11.0 Å². The zero-order chi connectivity index (χ0) is 18.5. The van der Waals surface area contributed by atoms with Crippen LogP contribution in [0.1, 0.15) is 11.3 Å². The summed E-state index contributed by atoms with van der Waals surface area (Å²) in [4.78, 5) is 23.4. The predicted molar refractivity (Wildman–Crippen MR) is 106 cm³/mol. The van der Waals surface area contributed by atoms with Crippen molar-refractivity contribution >= 4 is 17.2 Å². The van der Waals surface area contributed by atoms with Gasteiger partial charge in [0.2, 0.25) is 5.91 Å². The number of amides is 1. The molecule has 0 saturated carbocycles. The molecule has 2 aromatic heterocycles. The lowest BCUT2D eigenvalue weighted by Crippen LogP contribution is -2.48. The van der Waals surface area contributed by atoms with Crippen molar-refractivity contribution in [3.63, 3.8) is 0 Å². The van der Waals surface area contributed by atoms with Crippen LogP contribution in [-0.2, 0) is 17.9 Å². The molecule has 0 radical (unpaired) electrons. The van der Waals surface area contributed by atoms with Crippen molar-refractivity contribution < 1.29 is 4.79 Å². The van der Waals surface area contributed by atoms with Crippen LogP contribution in [0.3, 0.4) is 0 Å². The van der Waals surface area contributed by atoms with Gasteiger partial charge in [-0.2, -0.15) is 5.10 Å². The van der Waals surface area contributed by atoms with Gasteiger partial charge in [0, 0.05) is 48.9 Å². The number of hydrogen-bond acceptors (Lipinski definition) is 5. The van der Waals surface area contributed by atoms with Crippen LogP contribution in [0.15, 0.2) is 55.1 Å². The Balaban J connectivity index is 1.25. The first-order valence-corrected chi connectivity index (χ1v) is 10.1. The SMILES string of the molecule is O=C(CCn1cncn1)N1CCN(Cc2ccc(-c3ccccc3)s2)CC1. The number of aromatic nitrogens is 3. The van der Waals surface area contributed by atoms with Crippen LogP contribution < -0.4 is 0 Å². The quantitative estimate of drug-likeness (QED) is 0.659. The molecule has 0 atom stereocenters. The molecule has 0 unspecified atom stereocenters. The van der Waals surface area contributed by atoms with E-state index in [1.807, 2.05) is 22.3 Å². The standard InChI is InChI=1S/C20H23N5OS/c26-20(8-9-25-16-21-15-22-25)24-12-10-23(11-13-24)14-18-6-7-19(27-18)17-4-2-1-3-5-17/h1-7,15-16H,8-14H2. The molecule has 4 rings (SSSR count). The first kappa shape index (κ1) is 17.9. The fourth-order valence-corrected chi connectivity index (χ4v) is 4.37. The maximum absolute atomic E-state index is 12.4. The molecule has 0 bridgehead atoms. The molecule has 0 aliphatic carbocycles. The lowest BCUT2D eigenvalue weighted by Gasteiger charge is -2.34. The van der Waals surface area contributed by atoms with Crippen LogP contribution in [0.2, 0.25) is 0 Å². The molecule has 27 heavy (non-hydrogen) atoms. The van der Waals surface area contributed by atoms with E-state index in [2.05, 4.69) is 51.4 Å². The number of aryl methyl sites for hydroxylation is 1. The third-order valence-corrected chi connectivity index (χ3v) is 5.96. The second kappa shape index (κ2) is 8.45. The Bertz CT molecular complexity index is 854. The topological polar surface area (TPSA) is 54.3 Å². The van der Waals surface area contributed by atoms with Gasteiger partial charge >= 0.3 is 0 Å². The van der Waals surface area contributed by atoms with Gasteiger partial charge in [0.1, 0.15) is 12.7 Å². The summed E-state index contributed by atoms with van der Waals surface area (Å²) < 4.78 is 1.70. The maximum atomic E-state index is 12.4. The Morgan fingerprint density at radius 3 is 2.59 bits per heavy atom. The third kappa shape index (κ3) is 4.61. The number of thiophene rings is 1. The molecular weight excluding hydrogens is 358 g/mol. The Labute approximate surface area is 163 Å². The minimum Gasteiger partial charge on any atom is -0.340 e. The Kier molecular flexibility index (Phi) is 5.60. The number of carbonyl (C=O) groups excluding carboxylic acids is 1.